The summed E-state index contributed by atoms with van der Waals surface area (Å²) in [4.78, 5) is 11.7. The number of halogens is 3. The van der Waals surface area contributed by atoms with Gasteiger partial charge in [0.05, 0.1) is 13.1 Å². The van der Waals surface area contributed by atoms with Crippen LogP contribution in [0.4, 0.5) is 13.2 Å². The molecular formula is C7H10F3NO3. The van der Waals surface area contributed by atoms with E-state index in [0.717, 1.165) is 4.90 Å². The van der Waals surface area contributed by atoms with Crippen molar-refractivity contribution in [3.63, 3.8) is 0 Å². The molecule has 1 heterocycles. The Kier molecular flexibility index (Phi) is 2.49. The van der Waals surface area contributed by atoms with Crippen molar-refractivity contribution in [3.8, 4) is 0 Å². The highest BCUT2D eigenvalue weighted by Crippen LogP contribution is 2.34. The maximum Gasteiger partial charge on any atom is 0.417 e. The maximum absolute atomic E-state index is 12.0. The molecule has 1 unspecified atom stereocenters. The summed E-state index contributed by atoms with van der Waals surface area (Å²) in [5, 5.41) is 18.0. The number of carbonyl (C=O) groups excluding carboxylic acids is 1. The van der Waals surface area contributed by atoms with Gasteiger partial charge in [-0.1, -0.05) is 0 Å². The van der Waals surface area contributed by atoms with Gasteiger partial charge in [0, 0.05) is 6.92 Å². The van der Waals surface area contributed by atoms with E-state index in [1.54, 1.807) is 0 Å². The Morgan fingerprint density at radius 2 is 1.93 bits per heavy atom. The SMILES string of the molecule is CC(=O)N1CC(O)(C(O)C(F)(F)F)C1. The lowest BCUT2D eigenvalue weighted by Gasteiger charge is -2.48. The summed E-state index contributed by atoms with van der Waals surface area (Å²) in [6.45, 7) is 0.214. The standard InChI is InChI=1S/C7H10F3NO3/c1-4(12)11-2-6(14,3-11)5(13)7(8,9)10/h5,13-14H,2-3H2,1H3. The molecule has 0 aliphatic carbocycles. The van der Waals surface area contributed by atoms with Gasteiger partial charge >= 0.3 is 6.18 Å². The highest BCUT2D eigenvalue weighted by atomic mass is 19.4. The third kappa shape index (κ3) is 1.83. The van der Waals surface area contributed by atoms with Crippen LogP contribution in [0.1, 0.15) is 6.92 Å². The summed E-state index contributed by atoms with van der Waals surface area (Å²) in [6, 6.07) is 0. The first kappa shape index (κ1) is 11.3. The molecule has 7 heteroatoms. The molecule has 1 aliphatic heterocycles. The number of nitrogens with zero attached hydrogens (tertiary/aromatic N) is 1. The summed E-state index contributed by atoms with van der Waals surface area (Å²) in [7, 11) is 0. The topological polar surface area (TPSA) is 60.8 Å². The van der Waals surface area contributed by atoms with Crippen molar-refractivity contribution in [2.24, 2.45) is 0 Å². The number of likely N-dealkylation sites (tertiary alicyclic amines) is 1. The predicted molar refractivity (Wildman–Crippen MR) is 39.3 cm³/mol. The second kappa shape index (κ2) is 3.09. The zero-order chi connectivity index (χ0) is 11.1. The van der Waals surface area contributed by atoms with Gasteiger partial charge in [0.1, 0.15) is 5.60 Å². The van der Waals surface area contributed by atoms with Gasteiger partial charge in [-0.15, -0.1) is 0 Å². The second-order valence-electron chi connectivity index (χ2n) is 3.42. The normalized spacial score (nSPS) is 22.9. The first-order valence-corrected chi connectivity index (χ1v) is 3.89. The first-order chi connectivity index (χ1) is 6.17. The van der Waals surface area contributed by atoms with Gasteiger partial charge in [-0.05, 0) is 0 Å². The number of hydrogen-bond acceptors (Lipinski definition) is 3. The Bertz CT molecular complexity index is 247. The molecule has 1 aliphatic rings. The number of aliphatic hydroxyl groups excluding tert-OH is 1. The fourth-order valence-corrected chi connectivity index (χ4v) is 1.31. The van der Waals surface area contributed by atoms with E-state index in [1.165, 1.54) is 6.92 Å². The first-order valence-electron chi connectivity index (χ1n) is 3.89. The van der Waals surface area contributed by atoms with Gasteiger partial charge in [0.2, 0.25) is 5.91 Å². The quantitative estimate of drug-likeness (QED) is 0.617. The largest absolute Gasteiger partial charge is 0.417 e. The lowest BCUT2D eigenvalue weighted by Crippen LogP contribution is -2.71. The Morgan fingerprint density at radius 3 is 2.21 bits per heavy atom. The smallest absolute Gasteiger partial charge is 0.383 e. The Hall–Kier alpha value is -0.820. The molecule has 1 amide bonds. The Labute approximate surface area is 77.9 Å². The lowest BCUT2D eigenvalue weighted by atomic mass is 9.87. The van der Waals surface area contributed by atoms with E-state index in [-0.39, 0.29) is 0 Å². The molecule has 1 fully saturated rings. The van der Waals surface area contributed by atoms with Crippen molar-refractivity contribution in [2.75, 3.05) is 13.1 Å². The molecule has 0 aromatic rings. The van der Waals surface area contributed by atoms with E-state index in [9.17, 15) is 23.1 Å². The van der Waals surface area contributed by atoms with Crippen LogP contribution < -0.4 is 0 Å². The minimum Gasteiger partial charge on any atom is -0.383 e. The van der Waals surface area contributed by atoms with Crippen molar-refractivity contribution in [1.82, 2.24) is 4.90 Å². The number of carbonyl (C=O) groups is 1. The van der Waals surface area contributed by atoms with Crippen LogP contribution in [-0.4, -0.2) is 52.0 Å². The number of hydrogen-bond donors (Lipinski definition) is 2. The van der Waals surface area contributed by atoms with Crippen LogP contribution in [0, 0.1) is 0 Å². The highest BCUT2D eigenvalue weighted by molar-refractivity contribution is 5.74. The summed E-state index contributed by atoms with van der Waals surface area (Å²) < 4.78 is 35.9. The van der Waals surface area contributed by atoms with Crippen LogP contribution in [-0.2, 0) is 4.79 Å². The third-order valence-electron chi connectivity index (χ3n) is 2.19. The number of alkyl halides is 3. The number of amides is 1. The van der Waals surface area contributed by atoms with Crippen LogP contribution in [0.25, 0.3) is 0 Å². The van der Waals surface area contributed by atoms with Crippen LogP contribution in [0.2, 0.25) is 0 Å². The molecule has 2 N–H and O–H groups in total. The van der Waals surface area contributed by atoms with Crippen LogP contribution >= 0.6 is 0 Å². The molecule has 1 saturated heterocycles. The second-order valence-corrected chi connectivity index (χ2v) is 3.42. The van der Waals surface area contributed by atoms with Gasteiger partial charge in [-0.3, -0.25) is 4.79 Å². The predicted octanol–water partition coefficient (Wildman–Crippen LogP) is -0.497. The average Bonchev–Trinajstić information content (AvgIpc) is 1.95. The maximum atomic E-state index is 12.0. The molecule has 14 heavy (non-hydrogen) atoms. The summed E-state index contributed by atoms with van der Waals surface area (Å²) in [6.07, 6.45) is -7.66. The molecular weight excluding hydrogens is 203 g/mol. The van der Waals surface area contributed by atoms with E-state index in [4.69, 9.17) is 5.11 Å². The van der Waals surface area contributed by atoms with Gasteiger partial charge in [0.15, 0.2) is 6.10 Å². The van der Waals surface area contributed by atoms with Crippen molar-refractivity contribution >= 4 is 5.91 Å². The minimum absolute atomic E-state index is 0.427. The van der Waals surface area contributed by atoms with E-state index in [0.29, 0.717) is 0 Å². The third-order valence-corrected chi connectivity index (χ3v) is 2.19. The van der Waals surface area contributed by atoms with Crippen LogP contribution in [0.15, 0.2) is 0 Å². The molecule has 0 radical (unpaired) electrons. The molecule has 4 nitrogen and oxygen atoms in total. The van der Waals surface area contributed by atoms with Crippen LogP contribution in [0.3, 0.4) is 0 Å². The summed E-state index contributed by atoms with van der Waals surface area (Å²) >= 11 is 0. The molecule has 1 atom stereocenters. The lowest BCUT2D eigenvalue weighted by molar-refractivity contribution is -0.280. The monoisotopic (exact) mass is 213 g/mol. The number of β-amino-alcohol motifs (C(OH)–C–C–N with tert-alkyl or cyclic N) is 1. The minimum atomic E-state index is -4.86. The molecule has 0 bridgehead atoms. The van der Waals surface area contributed by atoms with E-state index < -0.39 is 36.9 Å². The summed E-state index contributed by atoms with van der Waals surface area (Å²) in [5.41, 5.74) is -2.25. The molecule has 0 aromatic carbocycles. The zero-order valence-corrected chi connectivity index (χ0v) is 7.38. The Morgan fingerprint density at radius 1 is 1.50 bits per heavy atom. The summed E-state index contributed by atoms with van der Waals surface area (Å²) in [5.74, 6) is -0.427. The highest BCUT2D eigenvalue weighted by Gasteiger charge is 2.58. The molecule has 0 spiro atoms. The van der Waals surface area contributed by atoms with E-state index in [2.05, 4.69) is 0 Å². The zero-order valence-electron chi connectivity index (χ0n) is 7.38. The molecule has 1 rings (SSSR count). The number of aliphatic hydroxyl groups is 2. The molecule has 0 aromatic heterocycles. The Balaban J connectivity index is 2.60. The van der Waals surface area contributed by atoms with Gasteiger partial charge in [-0.2, -0.15) is 13.2 Å². The van der Waals surface area contributed by atoms with Crippen molar-refractivity contribution < 1.29 is 28.2 Å². The van der Waals surface area contributed by atoms with Gasteiger partial charge in [-0.25, -0.2) is 0 Å². The van der Waals surface area contributed by atoms with Gasteiger partial charge < -0.3 is 15.1 Å². The average molecular weight is 213 g/mol. The fraction of sp³-hybridized carbons (Fsp3) is 0.857. The van der Waals surface area contributed by atoms with Gasteiger partial charge in [0.25, 0.3) is 0 Å². The van der Waals surface area contributed by atoms with Crippen molar-refractivity contribution in [3.05, 3.63) is 0 Å². The number of rotatable bonds is 1. The fourth-order valence-electron chi connectivity index (χ4n) is 1.31. The van der Waals surface area contributed by atoms with E-state index >= 15 is 0 Å². The molecule has 82 valence electrons. The van der Waals surface area contributed by atoms with Crippen LogP contribution in [0.5, 0.6) is 0 Å². The van der Waals surface area contributed by atoms with Crippen molar-refractivity contribution in [1.29, 1.82) is 0 Å². The van der Waals surface area contributed by atoms with Crippen molar-refractivity contribution in [2.45, 2.75) is 24.8 Å². The van der Waals surface area contributed by atoms with E-state index in [1.807, 2.05) is 0 Å². The molecule has 0 saturated carbocycles.